The van der Waals surface area contributed by atoms with E-state index >= 15 is 0 Å². The molecule has 4 nitrogen and oxygen atoms in total. The molecule has 0 bridgehead atoms. The molecular weight excluding hydrogens is 132 g/mol. The predicted molar refractivity (Wildman–Crippen MR) is 36.6 cm³/mol. The van der Waals surface area contributed by atoms with Gasteiger partial charge in [0.1, 0.15) is 0 Å². The maximum Gasteiger partial charge on any atom is 0.314 e. The second kappa shape index (κ2) is 2.88. The van der Waals surface area contributed by atoms with Crippen molar-refractivity contribution in [2.45, 2.75) is 25.0 Å². The normalized spacial score (nSPS) is 30.6. The topological polar surface area (TPSA) is 61.4 Å². The van der Waals surface area contributed by atoms with Crippen LogP contribution in [0.5, 0.6) is 0 Å². The van der Waals surface area contributed by atoms with E-state index < -0.39 is 0 Å². The van der Waals surface area contributed by atoms with Gasteiger partial charge in [0.15, 0.2) is 0 Å². The van der Waals surface area contributed by atoms with Gasteiger partial charge in [0, 0.05) is 13.1 Å². The van der Waals surface area contributed by atoms with Gasteiger partial charge in [-0.25, -0.2) is 4.79 Å². The average molecular weight is 144 g/mol. The molecule has 0 radical (unpaired) electrons. The minimum absolute atomic E-state index is 0.170. The first-order valence-corrected chi connectivity index (χ1v) is 3.38. The number of amides is 2. The molecule has 1 aliphatic carbocycles. The number of urea groups is 1. The molecule has 2 amide bonds. The maximum absolute atomic E-state index is 10.6. The summed E-state index contributed by atoms with van der Waals surface area (Å²) in [4.78, 5) is 10.6. The molecule has 1 fully saturated rings. The molecule has 0 aliphatic heterocycles. The number of hydrogen-bond donors (Lipinski definition) is 3. The molecule has 0 aromatic carbocycles. The summed E-state index contributed by atoms with van der Waals surface area (Å²) in [7, 11) is 1.57. The van der Waals surface area contributed by atoms with E-state index in [4.69, 9.17) is 5.11 Å². The lowest BCUT2D eigenvalue weighted by molar-refractivity contribution is 0.0664. The van der Waals surface area contributed by atoms with Gasteiger partial charge in [-0.3, -0.25) is 0 Å². The Bertz CT molecular complexity index is 132. The van der Waals surface area contributed by atoms with Crippen molar-refractivity contribution in [2.75, 3.05) is 7.05 Å². The highest BCUT2D eigenvalue weighted by Gasteiger charge is 2.27. The van der Waals surface area contributed by atoms with Crippen LogP contribution in [0.4, 0.5) is 4.79 Å². The summed E-state index contributed by atoms with van der Waals surface area (Å²) < 4.78 is 0. The molecule has 0 unspecified atom stereocenters. The molecule has 4 heteroatoms. The summed E-state index contributed by atoms with van der Waals surface area (Å²) in [5.74, 6) is 0. The lowest BCUT2D eigenvalue weighted by Gasteiger charge is -2.31. The molecule has 0 spiro atoms. The van der Waals surface area contributed by atoms with Gasteiger partial charge in [0.25, 0.3) is 0 Å². The standard InChI is InChI=1S/C6H12N2O2/c1-7-6(10)8-4-2-5(9)3-4/h4-5,9H,2-3H2,1H3,(H2,7,8,10). The van der Waals surface area contributed by atoms with Crippen molar-refractivity contribution in [1.29, 1.82) is 0 Å². The molecule has 58 valence electrons. The summed E-state index contributed by atoms with van der Waals surface area (Å²) >= 11 is 0. The highest BCUT2D eigenvalue weighted by atomic mass is 16.3. The van der Waals surface area contributed by atoms with Gasteiger partial charge in [-0.1, -0.05) is 0 Å². The highest BCUT2D eigenvalue weighted by Crippen LogP contribution is 2.18. The molecule has 10 heavy (non-hydrogen) atoms. The molecule has 0 aromatic rings. The van der Waals surface area contributed by atoms with Crippen LogP contribution in [-0.2, 0) is 0 Å². The molecule has 0 atom stereocenters. The van der Waals surface area contributed by atoms with E-state index in [2.05, 4.69) is 10.6 Å². The summed E-state index contributed by atoms with van der Waals surface area (Å²) in [6, 6.07) is 0.00634. The summed E-state index contributed by atoms with van der Waals surface area (Å²) in [5, 5.41) is 14.0. The van der Waals surface area contributed by atoms with Crippen molar-refractivity contribution < 1.29 is 9.90 Å². The van der Waals surface area contributed by atoms with E-state index in [1.807, 2.05) is 0 Å². The van der Waals surface area contributed by atoms with Crippen molar-refractivity contribution in [3.05, 3.63) is 0 Å². The zero-order chi connectivity index (χ0) is 7.56. The summed E-state index contributed by atoms with van der Waals surface area (Å²) in [5.41, 5.74) is 0. The van der Waals surface area contributed by atoms with Crippen LogP contribution in [0, 0.1) is 0 Å². The number of carbonyl (C=O) groups excluding carboxylic acids is 1. The Morgan fingerprint density at radius 1 is 1.60 bits per heavy atom. The fourth-order valence-corrected chi connectivity index (χ4v) is 0.963. The van der Waals surface area contributed by atoms with Gasteiger partial charge in [-0.2, -0.15) is 0 Å². The number of hydrogen-bond acceptors (Lipinski definition) is 2. The molecule has 0 heterocycles. The van der Waals surface area contributed by atoms with Crippen LogP contribution in [0.15, 0.2) is 0 Å². The minimum atomic E-state index is -0.206. The fraction of sp³-hybridized carbons (Fsp3) is 0.833. The van der Waals surface area contributed by atoms with E-state index in [-0.39, 0.29) is 18.2 Å². The molecule has 0 saturated heterocycles. The largest absolute Gasteiger partial charge is 0.393 e. The Morgan fingerprint density at radius 3 is 2.60 bits per heavy atom. The van der Waals surface area contributed by atoms with Crippen LogP contribution in [0.25, 0.3) is 0 Å². The number of carbonyl (C=O) groups is 1. The Hall–Kier alpha value is -0.770. The van der Waals surface area contributed by atoms with Gasteiger partial charge < -0.3 is 15.7 Å². The third kappa shape index (κ3) is 1.60. The van der Waals surface area contributed by atoms with Crippen LogP contribution in [0.1, 0.15) is 12.8 Å². The SMILES string of the molecule is CNC(=O)NC1CC(O)C1. The second-order valence-corrected chi connectivity index (χ2v) is 2.55. The average Bonchev–Trinajstić information content (AvgIpc) is 1.84. The molecule has 3 N–H and O–H groups in total. The molecular formula is C6H12N2O2. The van der Waals surface area contributed by atoms with Gasteiger partial charge in [-0.05, 0) is 12.8 Å². The van der Waals surface area contributed by atoms with Gasteiger partial charge in [0.05, 0.1) is 6.10 Å². The van der Waals surface area contributed by atoms with Crippen molar-refractivity contribution >= 4 is 6.03 Å². The van der Waals surface area contributed by atoms with Crippen LogP contribution in [0.2, 0.25) is 0 Å². The fourth-order valence-electron chi connectivity index (χ4n) is 0.963. The maximum atomic E-state index is 10.6. The van der Waals surface area contributed by atoms with Gasteiger partial charge >= 0.3 is 6.03 Å². The lowest BCUT2D eigenvalue weighted by Crippen LogP contribution is -2.49. The number of aliphatic hydroxyl groups excluding tert-OH is 1. The van der Waals surface area contributed by atoms with E-state index in [0.29, 0.717) is 12.8 Å². The van der Waals surface area contributed by atoms with Crippen LogP contribution in [-0.4, -0.2) is 30.3 Å². The lowest BCUT2D eigenvalue weighted by atomic mass is 9.90. The Morgan fingerprint density at radius 2 is 2.20 bits per heavy atom. The third-order valence-electron chi connectivity index (χ3n) is 1.68. The zero-order valence-corrected chi connectivity index (χ0v) is 5.92. The number of aliphatic hydroxyl groups is 1. The molecule has 0 aromatic heterocycles. The quantitative estimate of drug-likeness (QED) is 0.462. The third-order valence-corrected chi connectivity index (χ3v) is 1.68. The first-order valence-electron chi connectivity index (χ1n) is 3.38. The Labute approximate surface area is 59.6 Å². The molecule has 1 saturated carbocycles. The van der Waals surface area contributed by atoms with Gasteiger partial charge in [0.2, 0.25) is 0 Å². The second-order valence-electron chi connectivity index (χ2n) is 2.55. The van der Waals surface area contributed by atoms with Crippen LogP contribution >= 0.6 is 0 Å². The summed E-state index contributed by atoms with van der Waals surface area (Å²) in [6.07, 6.45) is 1.17. The Balaban J connectivity index is 2.10. The number of rotatable bonds is 1. The highest BCUT2D eigenvalue weighted by molar-refractivity contribution is 5.73. The van der Waals surface area contributed by atoms with Crippen LogP contribution in [0.3, 0.4) is 0 Å². The van der Waals surface area contributed by atoms with Crippen molar-refractivity contribution in [1.82, 2.24) is 10.6 Å². The first kappa shape index (κ1) is 7.34. The van der Waals surface area contributed by atoms with Crippen molar-refractivity contribution in [3.8, 4) is 0 Å². The van der Waals surface area contributed by atoms with Crippen molar-refractivity contribution in [3.63, 3.8) is 0 Å². The van der Waals surface area contributed by atoms with Crippen molar-refractivity contribution in [2.24, 2.45) is 0 Å². The number of nitrogens with one attached hydrogen (secondary N) is 2. The molecule has 1 rings (SSSR count). The van der Waals surface area contributed by atoms with E-state index in [0.717, 1.165) is 0 Å². The van der Waals surface area contributed by atoms with E-state index in [9.17, 15) is 4.79 Å². The predicted octanol–water partition coefficient (Wildman–Crippen LogP) is -0.561. The summed E-state index contributed by atoms with van der Waals surface area (Å²) in [6.45, 7) is 0. The molecule has 1 aliphatic rings. The zero-order valence-electron chi connectivity index (χ0n) is 5.92. The first-order chi connectivity index (χ1) is 4.72. The van der Waals surface area contributed by atoms with Gasteiger partial charge in [-0.15, -0.1) is 0 Å². The Kier molecular flexibility index (Phi) is 2.11. The minimum Gasteiger partial charge on any atom is -0.393 e. The smallest absolute Gasteiger partial charge is 0.314 e. The van der Waals surface area contributed by atoms with E-state index in [1.54, 1.807) is 7.05 Å². The monoisotopic (exact) mass is 144 g/mol. The van der Waals surface area contributed by atoms with E-state index in [1.165, 1.54) is 0 Å². The van der Waals surface area contributed by atoms with Crippen LogP contribution < -0.4 is 10.6 Å².